The van der Waals surface area contributed by atoms with Crippen molar-refractivity contribution in [3.8, 4) is 0 Å². The lowest BCUT2D eigenvalue weighted by Crippen LogP contribution is -2.48. The largest absolute Gasteiger partial charge is 0.313 e. The molecule has 1 aliphatic rings. The fourth-order valence-corrected chi connectivity index (χ4v) is 4.93. The fraction of sp³-hybridized carbons (Fsp3) is 1.00. The first kappa shape index (κ1) is 16.9. The highest BCUT2D eigenvalue weighted by Gasteiger charge is 2.30. The van der Waals surface area contributed by atoms with Crippen molar-refractivity contribution in [1.29, 1.82) is 0 Å². The van der Waals surface area contributed by atoms with E-state index in [1.54, 1.807) is 6.92 Å². The van der Waals surface area contributed by atoms with Gasteiger partial charge in [0.15, 0.2) is 9.84 Å². The number of sulfone groups is 1. The van der Waals surface area contributed by atoms with Gasteiger partial charge in [-0.05, 0) is 19.8 Å². The molecular weight excluding hydrogens is 288 g/mol. The number of hydrogen-bond acceptors (Lipinski definition) is 5. The Morgan fingerprint density at radius 3 is 2.42 bits per heavy atom. The maximum Gasteiger partial charge on any atom is 0.215 e. The summed E-state index contributed by atoms with van der Waals surface area (Å²) in [4.78, 5) is 0. The van der Waals surface area contributed by atoms with Crippen LogP contribution >= 0.6 is 0 Å². The number of sulfonamides is 1. The number of rotatable bonds is 6. The lowest BCUT2D eigenvalue weighted by atomic mass is 10.2. The Labute approximate surface area is 116 Å². The van der Waals surface area contributed by atoms with Crippen LogP contribution in [0.5, 0.6) is 0 Å². The molecule has 1 heterocycles. The van der Waals surface area contributed by atoms with Crippen molar-refractivity contribution >= 4 is 19.9 Å². The number of nitrogens with one attached hydrogen (secondary N) is 2. The van der Waals surface area contributed by atoms with Crippen LogP contribution < -0.4 is 10.0 Å². The predicted octanol–water partition coefficient (Wildman–Crippen LogP) is -0.130. The highest BCUT2D eigenvalue weighted by atomic mass is 32.2. The molecule has 6 nitrogen and oxygen atoms in total. The number of hydrogen-bond donors (Lipinski definition) is 2. The lowest BCUT2D eigenvalue weighted by molar-refractivity contribution is 0.504. The fourth-order valence-electron chi connectivity index (χ4n) is 1.98. The normalized spacial score (nSPS) is 25.4. The van der Waals surface area contributed by atoms with E-state index >= 15 is 0 Å². The maximum absolute atomic E-state index is 12.1. The van der Waals surface area contributed by atoms with Gasteiger partial charge < -0.3 is 5.32 Å². The van der Waals surface area contributed by atoms with Crippen molar-refractivity contribution in [3.05, 3.63) is 0 Å². The second-order valence-corrected chi connectivity index (χ2v) is 9.85. The van der Waals surface area contributed by atoms with Gasteiger partial charge in [-0.25, -0.2) is 21.6 Å². The Bertz CT molecular complexity index is 485. The van der Waals surface area contributed by atoms with Crippen molar-refractivity contribution in [1.82, 2.24) is 10.0 Å². The van der Waals surface area contributed by atoms with Crippen molar-refractivity contribution in [3.63, 3.8) is 0 Å². The average molecular weight is 312 g/mol. The van der Waals surface area contributed by atoms with Gasteiger partial charge in [-0.1, -0.05) is 13.8 Å². The molecule has 114 valence electrons. The first-order valence-corrected chi connectivity index (χ1v) is 9.94. The van der Waals surface area contributed by atoms with E-state index in [9.17, 15) is 16.8 Å². The average Bonchev–Trinajstić information content (AvgIpc) is 2.23. The molecule has 2 atom stereocenters. The molecule has 1 rings (SSSR count). The Morgan fingerprint density at radius 1 is 1.26 bits per heavy atom. The molecule has 19 heavy (non-hydrogen) atoms. The van der Waals surface area contributed by atoms with Crippen LogP contribution in [0, 0.1) is 0 Å². The van der Waals surface area contributed by atoms with Gasteiger partial charge in [-0.2, -0.15) is 0 Å². The third-order valence-corrected chi connectivity index (χ3v) is 6.85. The topological polar surface area (TPSA) is 92.3 Å². The Hall–Kier alpha value is -0.180. The minimum absolute atomic E-state index is 0.0867. The summed E-state index contributed by atoms with van der Waals surface area (Å²) in [5, 5.41) is 2.48. The van der Waals surface area contributed by atoms with Gasteiger partial charge in [-0.3, -0.25) is 0 Å². The molecule has 1 saturated heterocycles. The summed E-state index contributed by atoms with van der Waals surface area (Å²) in [5.74, 6) is 0.0756. The van der Waals surface area contributed by atoms with Gasteiger partial charge in [0.1, 0.15) is 0 Å². The van der Waals surface area contributed by atoms with E-state index in [0.29, 0.717) is 19.4 Å². The van der Waals surface area contributed by atoms with Gasteiger partial charge in [0.05, 0.1) is 16.8 Å². The molecule has 1 fully saturated rings. The molecule has 0 aromatic heterocycles. The van der Waals surface area contributed by atoms with Crippen LogP contribution in [0.1, 0.15) is 33.6 Å². The molecule has 0 bridgehead atoms. The SMILES string of the molecule is CC(C)NCC(C)S(=O)(=O)NC1CCCS(=O)(=O)C1. The highest BCUT2D eigenvalue weighted by Crippen LogP contribution is 2.13. The highest BCUT2D eigenvalue weighted by molar-refractivity contribution is 7.91. The molecule has 1 aliphatic heterocycles. The predicted molar refractivity (Wildman–Crippen MR) is 76.3 cm³/mol. The summed E-state index contributed by atoms with van der Waals surface area (Å²) < 4.78 is 49.6. The zero-order valence-electron chi connectivity index (χ0n) is 11.7. The molecule has 0 aromatic carbocycles. The van der Waals surface area contributed by atoms with Gasteiger partial charge >= 0.3 is 0 Å². The van der Waals surface area contributed by atoms with Crippen molar-refractivity contribution in [2.45, 2.75) is 50.9 Å². The third-order valence-electron chi connectivity index (χ3n) is 3.14. The van der Waals surface area contributed by atoms with Crippen LogP contribution in [-0.4, -0.2) is 52.2 Å². The zero-order valence-corrected chi connectivity index (χ0v) is 13.4. The summed E-state index contributed by atoms with van der Waals surface area (Å²) in [6.07, 6.45) is 1.11. The third kappa shape index (κ3) is 5.76. The van der Waals surface area contributed by atoms with Crippen LogP contribution in [0.4, 0.5) is 0 Å². The van der Waals surface area contributed by atoms with Crippen molar-refractivity contribution < 1.29 is 16.8 Å². The van der Waals surface area contributed by atoms with E-state index in [0.717, 1.165) is 0 Å². The zero-order chi connectivity index (χ0) is 14.7. The van der Waals surface area contributed by atoms with Crippen LogP contribution in [0.2, 0.25) is 0 Å². The second kappa shape index (κ2) is 6.51. The molecule has 2 N–H and O–H groups in total. The minimum Gasteiger partial charge on any atom is -0.313 e. The van der Waals surface area contributed by atoms with E-state index < -0.39 is 31.2 Å². The monoisotopic (exact) mass is 312 g/mol. The lowest BCUT2D eigenvalue weighted by Gasteiger charge is -2.25. The van der Waals surface area contributed by atoms with E-state index in [-0.39, 0.29) is 17.5 Å². The maximum atomic E-state index is 12.1. The summed E-state index contributed by atoms with van der Waals surface area (Å²) >= 11 is 0. The standard InChI is InChI=1S/C11H24N2O4S2/c1-9(2)12-7-10(3)19(16,17)13-11-5-4-6-18(14,15)8-11/h9-13H,4-8H2,1-3H3. The van der Waals surface area contributed by atoms with Crippen molar-refractivity contribution in [2.24, 2.45) is 0 Å². The van der Waals surface area contributed by atoms with E-state index in [2.05, 4.69) is 10.0 Å². The van der Waals surface area contributed by atoms with E-state index in [1.165, 1.54) is 0 Å². The molecular formula is C11H24N2O4S2. The Morgan fingerprint density at radius 2 is 1.89 bits per heavy atom. The van der Waals surface area contributed by atoms with E-state index in [4.69, 9.17) is 0 Å². The van der Waals surface area contributed by atoms with Crippen LogP contribution in [0.3, 0.4) is 0 Å². The van der Waals surface area contributed by atoms with Gasteiger partial charge in [0.25, 0.3) is 0 Å². The van der Waals surface area contributed by atoms with Crippen LogP contribution in [0.25, 0.3) is 0 Å². The van der Waals surface area contributed by atoms with Gasteiger partial charge in [0.2, 0.25) is 10.0 Å². The quantitative estimate of drug-likeness (QED) is 0.713. The molecule has 0 spiro atoms. The minimum atomic E-state index is -3.48. The summed E-state index contributed by atoms with van der Waals surface area (Å²) in [6.45, 7) is 5.86. The van der Waals surface area contributed by atoms with Crippen LogP contribution in [-0.2, 0) is 19.9 Å². The first-order chi connectivity index (χ1) is 8.62. The first-order valence-electron chi connectivity index (χ1n) is 6.57. The molecule has 8 heteroatoms. The van der Waals surface area contributed by atoms with E-state index in [1.807, 2.05) is 13.8 Å². The second-order valence-electron chi connectivity index (χ2n) is 5.49. The molecule has 0 aromatic rings. The molecule has 0 aliphatic carbocycles. The van der Waals surface area contributed by atoms with Gasteiger partial charge in [0, 0.05) is 18.6 Å². The summed E-state index contributed by atoms with van der Waals surface area (Å²) in [5.41, 5.74) is 0. The smallest absolute Gasteiger partial charge is 0.215 e. The molecule has 0 saturated carbocycles. The summed E-state index contributed by atoms with van der Waals surface area (Å²) in [6, 6.07) is -0.266. The molecule has 2 unspecified atom stereocenters. The van der Waals surface area contributed by atoms with Gasteiger partial charge in [-0.15, -0.1) is 0 Å². The Kier molecular flexibility index (Phi) is 5.78. The Balaban J connectivity index is 2.59. The van der Waals surface area contributed by atoms with Crippen LogP contribution in [0.15, 0.2) is 0 Å². The molecule has 0 amide bonds. The molecule has 0 radical (unpaired) electrons. The van der Waals surface area contributed by atoms with Crippen molar-refractivity contribution in [2.75, 3.05) is 18.1 Å². The summed E-state index contributed by atoms with van der Waals surface area (Å²) in [7, 11) is -6.58.